The van der Waals surface area contributed by atoms with Crippen molar-refractivity contribution in [2.45, 2.75) is 19.4 Å². The Hall–Kier alpha value is -2.14. The van der Waals surface area contributed by atoms with Gasteiger partial charge in [-0.2, -0.15) is 0 Å². The van der Waals surface area contributed by atoms with E-state index < -0.39 is 10.9 Å². The molecule has 3 rings (SSSR count). The summed E-state index contributed by atoms with van der Waals surface area (Å²) in [6.07, 6.45) is 1.94. The zero-order valence-electron chi connectivity index (χ0n) is 11.4. The van der Waals surface area contributed by atoms with Crippen molar-refractivity contribution in [3.05, 3.63) is 49.8 Å². The van der Waals surface area contributed by atoms with E-state index in [-0.39, 0.29) is 5.69 Å². The highest BCUT2D eigenvalue weighted by Crippen LogP contribution is 2.34. The molecule has 1 heterocycles. The van der Waals surface area contributed by atoms with Gasteiger partial charge in [0.05, 0.1) is 0 Å². The Kier molecular flexibility index (Phi) is 3.06. The van der Waals surface area contributed by atoms with Crippen molar-refractivity contribution < 1.29 is 0 Å². The van der Waals surface area contributed by atoms with E-state index in [0.29, 0.717) is 5.69 Å². The lowest BCUT2D eigenvalue weighted by Gasteiger charge is -2.32. The monoisotopic (exact) mass is 271 g/mol. The minimum atomic E-state index is -0.557. The van der Waals surface area contributed by atoms with Crippen LogP contribution in [-0.2, 0) is 13.0 Å². The summed E-state index contributed by atoms with van der Waals surface area (Å²) in [5.41, 5.74) is 8.50. The first-order valence-electron chi connectivity index (χ1n) is 6.76. The molecule has 0 bridgehead atoms. The molecule has 1 aliphatic rings. The van der Waals surface area contributed by atoms with Gasteiger partial charge >= 0.3 is 0 Å². The minimum absolute atomic E-state index is 0.0990. The Morgan fingerprint density at radius 2 is 2.10 bits per heavy atom. The van der Waals surface area contributed by atoms with Crippen molar-refractivity contribution in [2.75, 3.05) is 24.2 Å². The molecule has 5 nitrogen and oxygen atoms in total. The molecule has 0 saturated carbocycles. The molecule has 0 amide bonds. The summed E-state index contributed by atoms with van der Waals surface area (Å²) in [5, 5.41) is 3.11. The maximum Gasteiger partial charge on any atom is 0.253 e. The minimum Gasteiger partial charge on any atom is -0.394 e. The van der Waals surface area contributed by atoms with Gasteiger partial charge in [0.2, 0.25) is 0 Å². The largest absolute Gasteiger partial charge is 0.394 e. The number of aryl methyl sites for hydroxylation is 1. The summed E-state index contributed by atoms with van der Waals surface area (Å²) in [7, 11) is 1.89. The Morgan fingerprint density at radius 3 is 2.80 bits per heavy atom. The highest BCUT2D eigenvalue weighted by molar-refractivity contribution is 5.80. The smallest absolute Gasteiger partial charge is 0.253 e. The number of rotatable bonds is 3. The zero-order chi connectivity index (χ0) is 14.3. The van der Waals surface area contributed by atoms with E-state index in [1.54, 1.807) is 0 Å². The first-order chi connectivity index (χ1) is 9.63. The van der Waals surface area contributed by atoms with Gasteiger partial charge in [0, 0.05) is 18.8 Å². The number of hydrogen-bond donors (Lipinski definition) is 2. The van der Waals surface area contributed by atoms with Crippen LogP contribution in [0.2, 0.25) is 0 Å². The van der Waals surface area contributed by atoms with Gasteiger partial charge in [-0.1, -0.05) is 12.1 Å². The van der Waals surface area contributed by atoms with Gasteiger partial charge in [-0.3, -0.25) is 9.59 Å². The van der Waals surface area contributed by atoms with E-state index in [2.05, 4.69) is 23.5 Å². The van der Waals surface area contributed by atoms with Crippen molar-refractivity contribution in [1.82, 2.24) is 5.32 Å². The average molecular weight is 271 g/mol. The van der Waals surface area contributed by atoms with Crippen molar-refractivity contribution in [3.8, 4) is 0 Å². The van der Waals surface area contributed by atoms with E-state index in [9.17, 15) is 9.59 Å². The standard InChI is InChI=1S/C15H17N3O2/c1-17-8-9-4-5-10-3-2-6-18(11(10)7-9)13-12(16)14(19)15(13)20/h4-5,7,17H,2-3,6,8,16H2,1H3. The summed E-state index contributed by atoms with van der Waals surface area (Å²) in [6, 6.07) is 6.25. The number of nitrogens with one attached hydrogen (secondary N) is 1. The first-order valence-corrected chi connectivity index (χ1v) is 6.76. The van der Waals surface area contributed by atoms with Gasteiger partial charge in [-0.15, -0.1) is 0 Å². The summed E-state index contributed by atoms with van der Waals surface area (Å²) < 4.78 is 0. The molecule has 3 N–H and O–H groups in total. The van der Waals surface area contributed by atoms with Crippen molar-refractivity contribution in [3.63, 3.8) is 0 Å². The van der Waals surface area contributed by atoms with Crippen LogP contribution in [0.5, 0.6) is 0 Å². The molecule has 104 valence electrons. The van der Waals surface area contributed by atoms with E-state index in [0.717, 1.165) is 37.2 Å². The fraction of sp³-hybridized carbons (Fsp3) is 0.333. The molecular weight excluding hydrogens is 254 g/mol. The molecule has 1 aliphatic heterocycles. The molecule has 0 aromatic heterocycles. The maximum atomic E-state index is 11.8. The molecule has 0 atom stereocenters. The third kappa shape index (κ3) is 1.82. The quantitative estimate of drug-likeness (QED) is 0.802. The first kappa shape index (κ1) is 12.9. The van der Waals surface area contributed by atoms with Crippen LogP contribution in [0.1, 0.15) is 17.5 Å². The lowest BCUT2D eigenvalue weighted by Crippen LogP contribution is -2.42. The molecule has 0 aliphatic carbocycles. The number of fused-ring (bicyclic) bond motifs is 1. The molecule has 0 unspecified atom stereocenters. The Balaban J connectivity index is 2.07. The predicted molar refractivity (Wildman–Crippen MR) is 80.3 cm³/mol. The predicted octanol–water partition coefficient (Wildman–Crippen LogP) is 0.668. The average Bonchev–Trinajstić information content (AvgIpc) is 2.48. The maximum absolute atomic E-state index is 11.8. The normalized spacial score (nSPS) is 14.6. The van der Waals surface area contributed by atoms with Crippen LogP contribution in [0.15, 0.2) is 27.8 Å². The third-order valence-electron chi connectivity index (χ3n) is 3.84. The summed E-state index contributed by atoms with van der Waals surface area (Å²) in [4.78, 5) is 25.0. The van der Waals surface area contributed by atoms with E-state index in [4.69, 9.17) is 5.73 Å². The highest BCUT2D eigenvalue weighted by Gasteiger charge is 2.28. The second-order valence-corrected chi connectivity index (χ2v) is 5.17. The highest BCUT2D eigenvalue weighted by atomic mass is 16.2. The van der Waals surface area contributed by atoms with Crippen molar-refractivity contribution >= 4 is 17.1 Å². The molecule has 5 heteroatoms. The lowest BCUT2D eigenvalue weighted by molar-refractivity contribution is 0.758. The van der Waals surface area contributed by atoms with E-state index in [1.165, 1.54) is 5.56 Å². The Bertz CT molecular complexity index is 729. The third-order valence-corrected chi connectivity index (χ3v) is 3.84. The van der Waals surface area contributed by atoms with Crippen LogP contribution in [0.3, 0.4) is 0 Å². The van der Waals surface area contributed by atoms with Crippen LogP contribution in [0.4, 0.5) is 17.1 Å². The summed E-state index contributed by atoms with van der Waals surface area (Å²) in [5.74, 6) is 0. The SMILES string of the molecule is CNCc1ccc2c(c1)N(c1c(N)c(=O)c1=O)CCC2. The van der Waals surface area contributed by atoms with E-state index >= 15 is 0 Å². The lowest BCUT2D eigenvalue weighted by atomic mass is 9.97. The van der Waals surface area contributed by atoms with Gasteiger partial charge in [-0.05, 0) is 37.1 Å². The fourth-order valence-electron chi connectivity index (χ4n) is 2.83. The van der Waals surface area contributed by atoms with Gasteiger partial charge in [0.1, 0.15) is 11.4 Å². The van der Waals surface area contributed by atoms with Crippen molar-refractivity contribution in [2.24, 2.45) is 0 Å². The zero-order valence-corrected chi connectivity index (χ0v) is 11.4. The number of nitrogens with zero attached hydrogens (tertiary/aromatic N) is 1. The Labute approximate surface area is 116 Å². The van der Waals surface area contributed by atoms with Crippen LogP contribution in [0.25, 0.3) is 0 Å². The molecule has 0 fully saturated rings. The molecule has 0 saturated heterocycles. The number of nitrogen functional groups attached to an aromatic ring is 1. The number of hydrogen-bond acceptors (Lipinski definition) is 5. The van der Waals surface area contributed by atoms with Gasteiger partial charge in [-0.25, -0.2) is 0 Å². The molecule has 0 spiro atoms. The van der Waals surface area contributed by atoms with E-state index in [1.807, 2.05) is 11.9 Å². The topological polar surface area (TPSA) is 75.4 Å². The Morgan fingerprint density at radius 1 is 1.30 bits per heavy atom. The van der Waals surface area contributed by atoms with Crippen molar-refractivity contribution in [1.29, 1.82) is 0 Å². The van der Waals surface area contributed by atoms with Crippen LogP contribution >= 0.6 is 0 Å². The molecule has 2 aromatic rings. The van der Waals surface area contributed by atoms with Gasteiger partial charge < -0.3 is 16.0 Å². The number of nitrogens with two attached hydrogens (primary N) is 1. The molecular formula is C15H17N3O2. The van der Waals surface area contributed by atoms with Crippen LogP contribution in [0, 0.1) is 0 Å². The second kappa shape index (κ2) is 4.76. The summed E-state index contributed by atoms with van der Waals surface area (Å²) >= 11 is 0. The number of anilines is 3. The van der Waals surface area contributed by atoms with Crippen LogP contribution in [-0.4, -0.2) is 13.6 Å². The van der Waals surface area contributed by atoms with Gasteiger partial charge in [0.25, 0.3) is 10.9 Å². The molecule has 0 radical (unpaired) electrons. The fourth-order valence-corrected chi connectivity index (χ4v) is 2.83. The molecule has 20 heavy (non-hydrogen) atoms. The second-order valence-electron chi connectivity index (χ2n) is 5.17. The van der Waals surface area contributed by atoms with Gasteiger partial charge in [0.15, 0.2) is 0 Å². The van der Waals surface area contributed by atoms with Crippen LogP contribution < -0.4 is 26.8 Å². The summed E-state index contributed by atoms with van der Waals surface area (Å²) in [6.45, 7) is 1.49. The molecule has 2 aromatic carbocycles. The number of benzene rings is 1.